The third-order valence-corrected chi connectivity index (χ3v) is 6.68. The fraction of sp³-hybridized carbons (Fsp3) is 0.160. The van der Waals surface area contributed by atoms with Crippen LogP contribution in [0.1, 0.15) is 32.7 Å². The van der Waals surface area contributed by atoms with Gasteiger partial charge in [-0.05, 0) is 67.8 Å². The summed E-state index contributed by atoms with van der Waals surface area (Å²) in [6.45, 7) is 5.15. The highest BCUT2D eigenvalue weighted by Crippen LogP contribution is 2.21. The smallest absolute Gasteiger partial charge is 0.338 e. The van der Waals surface area contributed by atoms with Gasteiger partial charge in [0.05, 0.1) is 16.2 Å². The minimum atomic E-state index is -3.92. The molecule has 0 atom stereocenters. The Kier molecular flexibility index (Phi) is 6.21. The number of nitrogens with one attached hydrogen (secondary N) is 1. The molecule has 0 saturated carbocycles. The summed E-state index contributed by atoms with van der Waals surface area (Å²) in [4.78, 5) is 29.5. The summed E-state index contributed by atoms with van der Waals surface area (Å²) in [6.07, 6.45) is 1.62. The van der Waals surface area contributed by atoms with E-state index in [0.29, 0.717) is 22.6 Å². The molecule has 2 aromatic carbocycles. The summed E-state index contributed by atoms with van der Waals surface area (Å²) in [6, 6.07) is 16.1. The molecule has 0 aliphatic carbocycles. The van der Waals surface area contributed by atoms with Crippen LogP contribution in [0.4, 0.5) is 5.69 Å². The van der Waals surface area contributed by atoms with Gasteiger partial charge in [0.1, 0.15) is 12.3 Å². The zero-order valence-corrected chi connectivity index (χ0v) is 19.7. The first-order chi connectivity index (χ1) is 16.1. The summed E-state index contributed by atoms with van der Waals surface area (Å²) >= 11 is 0. The molecule has 0 amide bonds. The number of rotatable bonds is 6. The summed E-state index contributed by atoms with van der Waals surface area (Å²) in [5.74, 6) is -0.711. The quantitative estimate of drug-likeness (QED) is 0.424. The molecule has 174 valence electrons. The largest absolute Gasteiger partial charge is 0.456 e. The van der Waals surface area contributed by atoms with Crippen LogP contribution >= 0.6 is 0 Å². The number of pyridine rings is 1. The Bertz CT molecular complexity index is 1580. The summed E-state index contributed by atoms with van der Waals surface area (Å²) in [5.41, 5.74) is 3.30. The van der Waals surface area contributed by atoms with Gasteiger partial charge in [-0.15, -0.1) is 0 Å². The number of aryl methyl sites for hydroxylation is 3. The Morgan fingerprint density at radius 1 is 1.00 bits per heavy atom. The number of esters is 1. The van der Waals surface area contributed by atoms with Gasteiger partial charge in [0, 0.05) is 18.0 Å². The number of hydrogen-bond acceptors (Lipinski definition) is 6. The number of hydrogen-bond donors (Lipinski definition) is 1. The fourth-order valence-electron chi connectivity index (χ4n) is 3.51. The second-order valence-electron chi connectivity index (χ2n) is 8.00. The molecule has 1 N–H and O–H groups in total. The molecule has 8 nitrogen and oxygen atoms in total. The van der Waals surface area contributed by atoms with Crippen LogP contribution in [0.25, 0.3) is 5.65 Å². The van der Waals surface area contributed by atoms with Crippen LogP contribution in [0, 0.1) is 20.8 Å². The predicted octanol–water partition coefficient (Wildman–Crippen LogP) is 3.78. The second-order valence-corrected chi connectivity index (χ2v) is 9.68. The Hall–Kier alpha value is -3.98. The van der Waals surface area contributed by atoms with Gasteiger partial charge >= 0.3 is 5.97 Å². The van der Waals surface area contributed by atoms with Crippen molar-refractivity contribution in [3.8, 4) is 0 Å². The molecular weight excluding hydrogens is 454 g/mol. The molecule has 2 aromatic heterocycles. The number of ether oxygens (including phenoxy) is 1. The van der Waals surface area contributed by atoms with Crippen molar-refractivity contribution in [2.45, 2.75) is 32.3 Å². The summed E-state index contributed by atoms with van der Waals surface area (Å²) < 4.78 is 35.0. The molecule has 0 unspecified atom stereocenters. The van der Waals surface area contributed by atoms with Gasteiger partial charge in [0.2, 0.25) is 0 Å². The molecule has 0 fully saturated rings. The molecule has 0 spiro atoms. The van der Waals surface area contributed by atoms with Gasteiger partial charge in [-0.25, -0.2) is 18.2 Å². The van der Waals surface area contributed by atoms with E-state index in [0.717, 1.165) is 11.1 Å². The van der Waals surface area contributed by atoms with E-state index in [1.54, 1.807) is 43.5 Å². The number of sulfonamides is 1. The number of nitrogens with zero attached hydrogens (tertiary/aromatic N) is 2. The monoisotopic (exact) mass is 477 g/mol. The number of carbonyl (C=O) groups excluding carboxylic acids is 1. The van der Waals surface area contributed by atoms with Crippen LogP contribution in [0.15, 0.2) is 76.6 Å². The average molecular weight is 478 g/mol. The molecule has 34 heavy (non-hydrogen) atoms. The summed E-state index contributed by atoms with van der Waals surface area (Å²) in [7, 11) is -3.92. The van der Waals surface area contributed by atoms with E-state index in [1.165, 1.54) is 22.6 Å². The number of anilines is 1. The number of carbonyl (C=O) groups is 1. The lowest BCUT2D eigenvalue weighted by molar-refractivity contribution is 0.0466. The molecule has 4 aromatic rings. The highest BCUT2D eigenvalue weighted by atomic mass is 32.2. The third kappa shape index (κ3) is 4.84. The Labute approximate surface area is 196 Å². The van der Waals surface area contributed by atoms with Gasteiger partial charge < -0.3 is 4.74 Å². The van der Waals surface area contributed by atoms with Gasteiger partial charge in [-0.3, -0.25) is 13.9 Å². The second kappa shape index (κ2) is 9.11. The fourth-order valence-corrected chi connectivity index (χ4v) is 4.59. The van der Waals surface area contributed by atoms with E-state index in [2.05, 4.69) is 9.71 Å². The maximum atomic E-state index is 12.9. The van der Waals surface area contributed by atoms with E-state index in [4.69, 9.17) is 4.74 Å². The van der Waals surface area contributed by atoms with Crippen LogP contribution in [0.3, 0.4) is 0 Å². The lowest BCUT2D eigenvalue weighted by Gasteiger charge is -2.12. The lowest BCUT2D eigenvalue weighted by atomic mass is 10.1. The zero-order chi connectivity index (χ0) is 24.5. The van der Waals surface area contributed by atoms with Crippen LogP contribution in [-0.4, -0.2) is 23.8 Å². The van der Waals surface area contributed by atoms with Crippen molar-refractivity contribution in [3.63, 3.8) is 0 Å². The summed E-state index contributed by atoms with van der Waals surface area (Å²) in [5, 5.41) is 0. The van der Waals surface area contributed by atoms with E-state index in [-0.39, 0.29) is 22.6 Å². The standard InChI is InChI=1S/C25H23N3O5S/c1-16-6-4-8-19(12-16)27-34(31,32)21-10-9-17(2)22(14-21)25(30)33-15-20-13-23(29)28-11-5-7-18(3)24(28)26-20/h4-14,27H,15H2,1-3H3. The van der Waals surface area contributed by atoms with Crippen LogP contribution in [-0.2, 0) is 21.4 Å². The lowest BCUT2D eigenvalue weighted by Crippen LogP contribution is -2.18. The molecule has 9 heteroatoms. The third-order valence-electron chi connectivity index (χ3n) is 5.30. The first-order valence-corrected chi connectivity index (χ1v) is 12.0. The molecule has 4 rings (SSSR count). The van der Waals surface area contributed by atoms with Crippen molar-refractivity contribution in [1.29, 1.82) is 0 Å². The normalized spacial score (nSPS) is 11.4. The molecule has 0 saturated heterocycles. The van der Waals surface area contributed by atoms with E-state index < -0.39 is 16.0 Å². The van der Waals surface area contributed by atoms with Crippen molar-refractivity contribution < 1.29 is 17.9 Å². The molecule has 0 aliphatic heterocycles. The first kappa shape index (κ1) is 23.2. The maximum Gasteiger partial charge on any atom is 0.338 e. The van der Waals surface area contributed by atoms with Gasteiger partial charge in [-0.1, -0.05) is 24.3 Å². The first-order valence-electron chi connectivity index (χ1n) is 10.5. The Morgan fingerprint density at radius 2 is 1.79 bits per heavy atom. The SMILES string of the molecule is Cc1cccc(NS(=O)(=O)c2ccc(C)c(C(=O)OCc3cc(=O)n4cccc(C)c4n3)c2)c1. The molecular formula is C25H23N3O5S. The number of benzene rings is 2. The zero-order valence-electron chi connectivity index (χ0n) is 18.9. The van der Waals surface area contributed by atoms with E-state index >= 15 is 0 Å². The molecule has 0 bridgehead atoms. The Balaban J connectivity index is 1.56. The molecule has 0 aliphatic rings. The van der Waals surface area contributed by atoms with Crippen LogP contribution < -0.4 is 10.3 Å². The van der Waals surface area contributed by atoms with Crippen molar-refractivity contribution >= 4 is 27.3 Å². The minimum absolute atomic E-state index is 0.0655. The van der Waals surface area contributed by atoms with Crippen molar-refractivity contribution in [3.05, 3.63) is 105 Å². The van der Waals surface area contributed by atoms with Crippen molar-refractivity contribution in [1.82, 2.24) is 9.38 Å². The average Bonchev–Trinajstić information content (AvgIpc) is 2.78. The molecule has 0 radical (unpaired) electrons. The highest BCUT2D eigenvalue weighted by Gasteiger charge is 2.19. The van der Waals surface area contributed by atoms with Gasteiger partial charge in [0.25, 0.3) is 15.6 Å². The maximum absolute atomic E-state index is 12.9. The topological polar surface area (TPSA) is 107 Å². The van der Waals surface area contributed by atoms with E-state index in [9.17, 15) is 18.0 Å². The number of aromatic nitrogens is 2. The highest BCUT2D eigenvalue weighted by molar-refractivity contribution is 7.92. The minimum Gasteiger partial charge on any atom is -0.456 e. The predicted molar refractivity (Wildman–Crippen MR) is 128 cm³/mol. The Morgan fingerprint density at radius 3 is 2.56 bits per heavy atom. The van der Waals surface area contributed by atoms with Crippen LogP contribution in [0.2, 0.25) is 0 Å². The van der Waals surface area contributed by atoms with Crippen molar-refractivity contribution in [2.24, 2.45) is 0 Å². The van der Waals surface area contributed by atoms with Crippen LogP contribution in [0.5, 0.6) is 0 Å². The van der Waals surface area contributed by atoms with Gasteiger partial charge in [0.15, 0.2) is 0 Å². The van der Waals surface area contributed by atoms with E-state index in [1.807, 2.05) is 26.0 Å². The van der Waals surface area contributed by atoms with Crippen molar-refractivity contribution in [2.75, 3.05) is 4.72 Å². The molecule has 2 heterocycles. The van der Waals surface area contributed by atoms with Gasteiger partial charge in [-0.2, -0.15) is 0 Å². The number of fused-ring (bicyclic) bond motifs is 1.